The van der Waals surface area contributed by atoms with Gasteiger partial charge in [0.15, 0.2) is 0 Å². The summed E-state index contributed by atoms with van der Waals surface area (Å²) in [5.74, 6) is 0.193. The van der Waals surface area contributed by atoms with Crippen LogP contribution in [0.1, 0.15) is 30.7 Å². The fourth-order valence-electron chi connectivity index (χ4n) is 1.47. The third-order valence-electron chi connectivity index (χ3n) is 2.62. The number of hydrogen-bond donors (Lipinski definition) is 2. The minimum Gasteiger partial charge on any atom is -0.349 e. The summed E-state index contributed by atoms with van der Waals surface area (Å²) in [6.07, 6.45) is 1.90. The second-order valence-electron chi connectivity index (χ2n) is 4.21. The fraction of sp³-hybridized carbons (Fsp3) is 0.500. The maximum absolute atomic E-state index is 11.5. The number of thiophene rings is 1. The lowest BCUT2D eigenvalue weighted by atomic mass is 10.2. The number of nitrogens with two attached hydrogens (primary N) is 1. The van der Waals surface area contributed by atoms with E-state index in [-0.39, 0.29) is 22.1 Å². The van der Waals surface area contributed by atoms with Crippen LogP contribution in [0.2, 0.25) is 0 Å². The number of carbonyl (C=O) groups is 1. The van der Waals surface area contributed by atoms with E-state index in [0.29, 0.717) is 0 Å². The highest BCUT2D eigenvalue weighted by atomic mass is 32.2. The van der Waals surface area contributed by atoms with Crippen LogP contribution in [0.4, 0.5) is 0 Å². The van der Waals surface area contributed by atoms with Crippen LogP contribution >= 0.6 is 11.3 Å². The summed E-state index contributed by atoms with van der Waals surface area (Å²) < 4.78 is 22.3. The lowest BCUT2D eigenvalue weighted by Gasteiger charge is -2.11. The Labute approximate surface area is 104 Å². The molecule has 0 spiro atoms. The number of amides is 1. The van der Waals surface area contributed by atoms with Crippen molar-refractivity contribution in [2.24, 2.45) is 11.1 Å². The van der Waals surface area contributed by atoms with E-state index in [1.165, 1.54) is 6.07 Å². The maximum atomic E-state index is 11.5. The predicted octanol–water partition coefficient (Wildman–Crippen LogP) is 0.983. The minimum absolute atomic E-state index is 0.0445. The Balaban J connectivity index is 2.06. The Morgan fingerprint density at radius 1 is 1.53 bits per heavy atom. The topological polar surface area (TPSA) is 89.3 Å². The minimum atomic E-state index is -3.64. The van der Waals surface area contributed by atoms with E-state index in [2.05, 4.69) is 5.32 Å². The maximum Gasteiger partial charge on any atom is 0.247 e. The molecule has 0 bridgehead atoms. The van der Waals surface area contributed by atoms with Gasteiger partial charge in [0, 0.05) is 10.8 Å². The molecule has 1 fully saturated rings. The number of carbonyl (C=O) groups excluding carboxylic acids is 1. The summed E-state index contributed by atoms with van der Waals surface area (Å²) in [4.78, 5) is 12.3. The monoisotopic (exact) mass is 274 g/mol. The summed E-state index contributed by atoms with van der Waals surface area (Å²) in [5.41, 5.74) is 0. The van der Waals surface area contributed by atoms with Crippen molar-refractivity contribution in [3.8, 4) is 0 Å². The Morgan fingerprint density at radius 2 is 2.18 bits per heavy atom. The highest BCUT2D eigenvalue weighted by molar-refractivity contribution is 7.91. The fourth-order valence-corrected chi connectivity index (χ4v) is 3.22. The summed E-state index contributed by atoms with van der Waals surface area (Å²) in [5, 5.41) is 7.88. The molecule has 17 heavy (non-hydrogen) atoms. The summed E-state index contributed by atoms with van der Waals surface area (Å²) in [6.45, 7) is 1.83. The van der Waals surface area contributed by atoms with Crippen molar-refractivity contribution in [3.63, 3.8) is 0 Å². The van der Waals surface area contributed by atoms with Gasteiger partial charge in [-0.3, -0.25) is 4.79 Å². The van der Waals surface area contributed by atoms with Crippen LogP contribution < -0.4 is 10.5 Å². The van der Waals surface area contributed by atoms with Crippen molar-refractivity contribution in [2.45, 2.75) is 30.0 Å². The van der Waals surface area contributed by atoms with Crippen LogP contribution in [-0.4, -0.2) is 14.3 Å². The number of sulfonamides is 1. The smallest absolute Gasteiger partial charge is 0.247 e. The molecule has 7 heteroatoms. The first-order valence-electron chi connectivity index (χ1n) is 5.31. The molecule has 5 nitrogen and oxygen atoms in total. The SMILES string of the molecule is CC(NC(=O)C1CC1)c1ccc(S(N)(=O)=O)s1. The molecule has 0 aliphatic heterocycles. The zero-order valence-corrected chi connectivity index (χ0v) is 11.0. The van der Waals surface area contributed by atoms with Gasteiger partial charge >= 0.3 is 0 Å². The first kappa shape index (κ1) is 12.5. The molecule has 94 valence electrons. The molecule has 1 aliphatic rings. The molecule has 1 aliphatic carbocycles. The highest BCUT2D eigenvalue weighted by Gasteiger charge is 2.30. The molecule has 1 unspecified atom stereocenters. The van der Waals surface area contributed by atoms with Crippen molar-refractivity contribution in [1.82, 2.24) is 5.32 Å². The van der Waals surface area contributed by atoms with Crippen LogP contribution in [0.15, 0.2) is 16.3 Å². The molecule has 3 N–H and O–H groups in total. The van der Waals surface area contributed by atoms with E-state index in [4.69, 9.17) is 5.14 Å². The third kappa shape index (κ3) is 3.05. The van der Waals surface area contributed by atoms with Crippen molar-refractivity contribution >= 4 is 27.3 Å². The van der Waals surface area contributed by atoms with E-state index in [0.717, 1.165) is 29.1 Å². The molecule has 1 aromatic heterocycles. The molecule has 1 atom stereocenters. The average Bonchev–Trinajstić information content (AvgIpc) is 2.93. The van der Waals surface area contributed by atoms with Gasteiger partial charge in [0.25, 0.3) is 0 Å². The lowest BCUT2D eigenvalue weighted by Crippen LogP contribution is -2.27. The summed E-state index contributed by atoms with van der Waals surface area (Å²) in [6, 6.07) is 2.97. The predicted molar refractivity (Wildman–Crippen MR) is 65.0 cm³/mol. The molecule has 1 aromatic rings. The van der Waals surface area contributed by atoms with Crippen LogP contribution in [0.25, 0.3) is 0 Å². The molecule has 1 amide bonds. The van der Waals surface area contributed by atoms with Gasteiger partial charge in [-0.2, -0.15) is 0 Å². The number of rotatable bonds is 4. The molecule has 2 rings (SSSR count). The van der Waals surface area contributed by atoms with Crippen LogP contribution in [-0.2, 0) is 14.8 Å². The summed E-state index contributed by atoms with van der Waals surface area (Å²) >= 11 is 1.09. The standard InChI is InChI=1S/C10H14N2O3S2/c1-6(12-10(13)7-2-3-7)8-4-5-9(16-8)17(11,14)15/h4-7H,2-3H2,1H3,(H,12,13)(H2,11,14,15). The average molecular weight is 274 g/mol. The van der Waals surface area contributed by atoms with E-state index in [1.54, 1.807) is 6.07 Å². The lowest BCUT2D eigenvalue weighted by molar-refractivity contribution is -0.122. The van der Waals surface area contributed by atoms with E-state index in [1.807, 2.05) is 6.92 Å². The largest absolute Gasteiger partial charge is 0.349 e. The molecule has 1 saturated carbocycles. The van der Waals surface area contributed by atoms with Crippen LogP contribution in [0.3, 0.4) is 0 Å². The second-order valence-corrected chi connectivity index (χ2v) is 7.11. The first-order valence-corrected chi connectivity index (χ1v) is 7.67. The van der Waals surface area contributed by atoms with Crippen molar-refractivity contribution in [1.29, 1.82) is 0 Å². The van der Waals surface area contributed by atoms with Gasteiger partial charge in [0.1, 0.15) is 4.21 Å². The Hall–Kier alpha value is -0.920. The van der Waals surface area contributed by atoms with Crippen LogP contribution in [0, 0.1) is 5.92 Å². The van der Waals surface area contributed by atoms with Gasteiger partial charge in [0.2, 0.25) is 15.9 Å². The Bertz CT molecular complexity index is 532. The third-order valence-corrected chi connectivity index (χ3v) is 5.32. The van der Waals surface area contributed by atoms with Gasteiger partial charge < -0.3 is 5.32 Å². The summed E-state index contributed by atoms with van der Waals surface area (Å²) in [7, 11) is -3.64. The van der Waals surface area contributed by atoms with E-state index >= 15 is 0 Å². The zero-order valence-electron chi connectivity index (χ0n) is 9.34. The molecular weight excluding hydrogens is 260 g/mol. The van der Waals surface area contributed by atoms with E-state index < -0.39 is 10.0 Å². The molecular formula is C10H14N2O3S2. The van der Waals surface area contributed by atoms with Gasteiger partial charge in [-0.05, 0) is 31.9 Å². The molecule has 1 heterocycles. The quantitative estimate of drug-likeness (QED) is 0.857. The number of nitrogens with one attached hydrogen (secondary N) is 1. The molecule has 0 radical (unpaired) electrons. The van der Waals surface area contributed by atoms with Gasteiger partial charge in [0.05, 0.1) is 6.04 Å². The normalized spacial score (nSPS) is 17.8. The highest BCUT2D eigenvalue weighted by Crippen LogP contribution is 2.31. The Morgan fingerprint density at radius 3 is 2.65 bits per heavy atom. The first-order chi connectivity index (χ1) is 7.88. The number of primary sulfonamides is 1. The Kier molecular flexibility index (Phi) is 3.24. The van der Waals surface area contributed by atoms with Gasteiger partial charge in [-0.15, -0.1) is 11.3 Å². The van der Waals surface area contributed by atoms with Gasteiger partial charge in [-0.1, -0.05) is 0 Å². The number of hydrogen-bond acceptors (Lipinski definition) is 4. The second kappa shape index (κ2) is 4.40. The van der Waals surface area contributed by atoms with Gasteiger partial charge in [-0.25, -0.2) is 13.6 Å². The zero-order chi connectivity index (χ0) is 12.6. The van der Waals surface area contributed by atoms with E-state index in [9.17, 15) is 13.2 Å². The van der Waals surface area contributed by atoms with Crippen LogP contribution in [0.5, 0.6) is 0 Å². The van der Waals surface area contributed by atoms with Crippen molar-refractivity contribution in [2.75, 3.05) is 0 Å². The van der Waals surface area contributed by atoms with Crippen molar-refractivity contribution in [3.05, 3.63) is 17.0 Å². The molecule has 0 aromatic carbocycles. The molecule has 0 saturated heterocycles. The van der Waals surface area contributed by atoms with Crippen molar-refractivity contribution < 1.29 is 13.2 Å².